The van der Waals surface area contributed by atoms with Crippen molar-refractivity contribution in [1.29, 1.82) is 0 Å². The molecule has 0 saturated carbocycles. The lowest BCUT2D eigenvalue weighted by Gasteiger charge is -2.05. The monoisotopic (exact) mass is 193 g/mol. The normalized spacial score (nSPS) is 21.7. The number of thioether (sulfide) groups is 1. The van der Waals surface area contributed by atoms with Crippen LogP contribution in [0.3, 0.4) is 0 Å². The van der Waals surface area contributed by atoms with Crippen LogP contribution in [0.1, 0.15) is 16.8 Å². The number of ketones is 1. The molecule has 3 heteroatoms. The average Bonchev–Trinajstić information content (AvgIpc) is 2.71. The zero-order chi connectivity index (χ0) is 9.10. The number of aromatic nitrogens is 1. The van der Waals surface area contributed by atoms with Crippen LogP contribution in [0.15, 0.2) is 24.5 Å². The Morgan fingerprint density at radius 3 is 2.85 bits per heavy atom. The second-order valence-corrected chi connectivity index (χ2v) is 4.31. The van der Waals surface area contributed by atoms with E-state index in [4.69, 9.17) is 0 Å². The van der Waals surface area contributed by atoms with E-state index in [0.717, 1.165) is 23.5 Å². The first kappa shape index (κ1) is 8.75. The van der Waals surface area contributed by atoms with E-state index in [1.54, 1.807) is 24.5 Å². The summed E-state index contributed by atoms with van der Waals surface area (Å²) in [4.78, 5) is 15.7. The van der Waals surface area contributed by atoms with E-state index in [-0.39, 0.29) is 11.7 Å². The zero-order valence-electron chi connectivity index (χ0n) is 7.27. The molecule has 1 atom stereocenters. The van der Waals surface area contributed by atoms with Gasteiger partial charge in [0.1, 0.15) is 0 Å². The van der Waals surface area contributed by atoms with Gasteiger partial charge in [0.25, 0.3) is 0 Å². The van der Waals surface area contributed by atoms with E-state index in [9.17, 15) is 4.79 Å². The fourth-order valence-electron chi connectivity index (χ4n) is 1.49. The lowest BCUT2D eigenvalue weighted by Crippen LogP contribution is -2.13. The van der Waals surface area contributed by atoms with Crippen molar-refractivity contribution in [2.24, 2.45) is 5.92 Å². The second kappa shape index (κ2) is 3.92. The predicted octanol–water partition coefficient (Wildman–Crippen LogP) is 2.02. The molecule has 0 aromatic carbocycles. The van der Waals surface area contributed by atoms with Crippen molar-refractivity contribution in [3.63, 3.8) is 0 Å². The minimum Gasteiger partial charge on any atom is -0.294 e. The first-order chi connectivity index (χ1) is 6.38. The third-order valence-corrected chi connectivity index (χ3v) is 3.43. The maximum absolute atomic E-state index is 11.8. The van der Waals surface area contributed by atoms with Crippen LogP contribution >= 0.6 is 11.8 Å². The second-order valence-electron chi connectivity index (χ2n) is 3.16. The summed E-state index contributed by atoms with van der Waals surface area (Å²) in [5.41, 5.74) is 0.808. The molecule has 1 aromatic rings. The van der Waals surface area contributed by atoms with Gasteiger partial charge in [-0.25, -0.2) is 0 Å². The fourth-order valence-corrected chi connectivity index (χ4v) is 2.71. The quantitative estimate of drug-likeness (QED) is 0.673. The molecule has 1 aromatic heterocycles. The van der Waals surface area contributed by atoms with Crippen molar-refractivity contribution in [2.45, 2.75) is 6.42 Å². The molecule has 1 saturated heterocycles. The Labute approximate surface area is 81.8 Å². The summed E-state index contributed by atoms with van der Waals surface area (Å²) in [5, 5.41) is 0. The fraction of sp³-hybridized carbons (Fsp3) is 0.400. The molecule has 0 aliphatic carbocycles. The number of nitrogens with zero attached hydrogens (tertiary/aromatic N) is 1. The Morgan fingerprint density at radius 2 is 2.23 bits per heavy atom. The van der Waals surface area contributed by atoms with Gasteiger partial charge >= 0.3 is 0 Å². The molecule has 0 N–H and O–H groups in total. The molecule has 2 heterocycles. The molecule has 1 unspecified atom stereocenters. The highest BCUT2D eigenvalue weighted by molar-refractivity contribution is 7.99. The summed E-state index contributed by atoms with van der Waals surface area (Å²) >= 11 is 1.87. The minimum absolute atomic E-state index is 0.243. The van der Waals surface area contributed by atoms with Gasteiger partial charge in [0, 0.05) is 29.6 Å². The molecule has 1 fully saturated rings. The lowest BCUT2D eigenvalue weighted by atomic mass is 9.98. The van der Waals surface area contributed by atoms with Gasteiger partial charge < -0.3 is 0 Å². The maximum Gasteiger partial charge on any atom is 0.166 e. The summed E-state index contributed by atoms with van der Waals surface area (Å²) in [6.07, 6.45) is 4.39. The highest BCUT2D eigenvalue weighted by Gasteiger charge is 2.23. The Hall–Kier alpha value is -0.830. The van der Waals surface area contributed by atoms with Gasteiger partial charge in [-0.05, 0) is 24.3 Å². The molecular weight excluding hydrogens is 182 g/mol. The maximum atomic E-state index is 11.8. The summed E-state index contributed by atoms with van der Waals surface area (Å²) < 4.78 is 0. The number of hydrogen-bond donors (Lipinski definition) is 0. The molecule has 0 bridgehead atoms. The third-order valence-electron chi connectivity index (χ3n) is 2.27. The van der Waals surface area contributed by atoms with Crippen LogP contribution in [-0.4, -0.2) is 22.3 Å². The van der Waals surface area contributed by atoms with Crippen LogP contribution in [0, 0.1) is 5.92 Å². The molecule has 13 heavy (non-hydrogen) atoms. The smallest absolute Gasteiger partial charge is 0.166 e. The van der Waals surface area contributed by atoms with Crippen molar-refractivity contribution in [1.82, 2.24) is 4.98 Å². The van der Waals surface area contributed by atoms with Gasteiger partial charge in [-0.2, -0.15) is 11.8 Å². The van der Waals surface area contributed by atoms with E-state index in [2.05, 4.69) is 4.98 Å². The number of Topliss-reactive ketones (excluding diaryl/α,β-unsaturated/α-hetero) is 1. The SMILES string of the molecule is O=C(c1ccncc1)C1CCSC1. The number of hydrogen-bond acceptors (Lipinski definition) is 3. The predicted molar refractivity (Wildman–Crippen MR) is 54.0 cm³/mol. The van der Waals surface area contributed by atoms with Gasteiger partial charge in [-0.15, -0.1) is 0 Å². The molecule has 1 aliphatic heterocycles. The van der Waals surface area contributed by atoms with Crippen LogP contribution in [0.5, 0.6) is 0 Å². The van der Waals surface area contributed by atoms with Gasteiger partial charge in [-0.1, -0.05) is 0 Å². The minimum atomic E-state index is 0.243. The Balaban J connectivity index is 2.13. The van der Waals surface area contributed by atoms with Crippen LogP contribution in [0.4, 0.5) is 0 Å². The van der Waals surface area contributed by atoms with E-state index in [1.165, 1.54) is 0 Å². The van der Waals surface area contributed by atoms with E-state index in [0.29, 0.717) is 0 Å². The zero-order valence-corrected chi connectivity index (χ0v) is 8.09. The Kier molecular flexibility index (Phi) is 2.64. The first-order valence-electron chi connectivity index (χ1n) is 4.40. The molecule has 2 nitrogen and oxygen atoms in total. The van der Waals surface area contributed by atoms with Gasteiger partial charge in [0.05, 0.1) is 0 Å². The summed E-state index contributed by atoms with van der Waals surface area (Å²) in [5.74, 6) is 2.64. The van der Waals surface area contributed by atoms with E-state index in [1.807, 2.05) is 11.8 Å². The Bertz CT molecular complexity index is 293. The van der Waals surface area contributed by atoms with Crippen LogP contribution in [0.25, 0.3) is 0 Å². The third kappa shape index (κ3) is 1.91. The van der Waals surface area contributed by atoms with E-state index >= 15 is 0 Å². The molecule has 68 valence electrons. The number of carbonyl (C=O) groups excluding carboxylic acids is 1. The topological polar surface area (TPSA) is 30.0 Å². The largest absolute Gasteiger partial charge is 0.294 e. The molecular formula is C10H11NOS. The van der Waals surface area contributed by atoms with E-state index < -0.39 is 0 Å². The standard InChI is InChI=1S/C10H11NOS/c12-10(9-3-6-13-7-9)8-1-4-11-5-2-8/h1-2,4-5,9H,3,6-7H2. The highest BCUT2D eigenvalue weighted by Crippen LogP contribution is 2.26. The Morgan fingerprint density at radius 1 is 1.46 bits per heavy atom. The van der Waals surface area contributed by atoms with Crippen LogP contribution in [-0.2, 0) is 0 Å². The summed E-state index contributed by atoms with van der Waals surface area (Å²) in [7, 11) is 0. The summed E-state index contributed by atoms with van der Waals surface area (Å²) in [6, 6.07) is 3.59. The van der Waals surface area contributed by atoms with Gasteiger partial charge in [0.2, 0.25) is 0 Å². The number of pyridine rings is 1. The molecule has 2 rings (SSSR count). The number of carbonyl (C=O) groups is 1. The van der Waals surface area contributed by atoms with Gasteiger partial charge in [0.15, 0.2) is 5.78 Å². The first-order valence-corrected chi connectivity index (χ1v) is 5.55. The summed E-state index contributed by atoms with van der Waals surface area (Å²) in [6.45, 7) is 0. The van der Waals surface area contributed by atoms with Crippen LogP contribution < -0.4 is 0 Å². The molecule has 1 aliphatic rings. The van der Waals surface area contributed by atoms with Gasteiger partial charge in [-0.3, -0.25) is 9.78 Å². The van der Waals surface area contributed by atoms with Crippen molar-refractivity contribution in [3.8, 4) is 0 Å². The van der Waals surface area contributed by atoms with Crippen LogP contribution in [0.2, 0.25) is 0 Å². The van der Waals surface area contributed by atoms with Crippen molar-refractivity contribution >= 4 is 17.5 Å². The highest BCUT2D eigenvalue weighted by atomic mass is 32.2. The molecule has 0 spiro atoms. The number of rotatable bonds is 2. The van der Waals surface area contributed by atoms with Crippen molar-refractivity contribution in [2.75, 3.05) is 11.5 Å². The van der Waals surface area contributed by atoms with Crippen molar-refractivity contribution < 1.29 is 4.79 Å². The van der Waals surface area contributed by atoms with Crippen molar-refractivity contribution in [3.05, 3.63) is 30.1 Å². The lowest BCUT2D eigenvalue weighted by molar-refractivity contribution is 0.0933. The average molecular weight is 193 g/mol. The molecule has 0 amide bonds. The molecule has 0 radical (unpaired) electrons.